The van der Waals surface area contributed by atoms with Gasteiger partial charge in [-0.3, -0.25) is 4.99 Å². The van der Waals surface area contributed by atoms with Crippen molar-refractivity contribution in [2.75, 3.05) is 13.1 Å². The molecule has 16 heavy (non-hydrogen) atoms. The summed E-state index contributed by atoms with van der Waals surface area (Å²) in [6.07, 6.45) is 9.43. The minimum Gasteiger partial charge on any atom is -0.393 e. The molecule has 0 saturated heterocycles. The zero-order valence-electron chi connectivity index (χ0n) is 10.1. The average molecular weight is 224 g/mol. The molecule has 0 radical (unpaired) electrons. The first-order valence-corrected chi connectivity index (χ1v) is 6.81. The number of amidine groups is 1. The lowest BCUT2D eigenvalue weighted by Gasteiger charge is -2.28. The summed E-state index contributed by atoms with van der Waals surface area (Å²) in [5.41, 5.74) is 0. The van der Waals surface area contributed by atoms with Gasteiger partial charge in [-0.15, -0.1) is 0 Å². The van der Waals surface area contributed by atoms with E-state index in [-0.39, 0.29) is 6.10 Å². The molecule has 0 spiro atoms. The standard InChI is InChI=1S/C13H24N2O/c16-12-7-4-3-6-11(12)10-15-13-8-2-1-5-9-14-13/h11-12,16H,1-10H2,(H,14,15). The number of hydrogen-bond acceptors (Lipinski definition) is 3. The lowest BCUT2D eigenvalue weighted by molar-refractivity contribution is 0.0720. The number of nitrogens with one attached hydrogen (secondary N) is 1. The van der Waals surface area contributed by atoms with Crippen LogP contribution in [0.2, 0.25) is 0 Å². The fourth-order valence-electron chi connectivity index (χ4n) is 2.69. The molecular weight excluding hydrogens is 200 g/mol. The molecule has 3 heteroatoms. The first-order valence-electron chi connectivity index (χ1n) is 6.81. The summed E-state index contributed by atoms with van der Waals surface area (Å²) in [5.74, 6) is 1.62. The van der Waals surface area contributed by atoms with E-state index < -0.39 is 0 Å². The Kier molecular flexibility index (Phi) is 4.64. The molecule has 0 amide bonds. The Morgan fingerprint density at radius 2 is 2.00 bits per heavy atom. The minimum atomic E-state index is -0.0902. The van der Waals surface area contributed by atoms with E-state index in [4.69, 9.17) is 0 Å². The van der Waals surface area contributed by atoms with Crippen molar-refractivity contribution in [3.8, 4) is 0 Å². The monoisotopic (exact) mass is 224 g/mol. The number of hydrogen-bond donors (Lipinski definition) is 2. The van der Waals surface area contributed by atoms with Crippen LogP contribution in [-0.2, 0) is 0 Å². The van der Waals surface area contributed by atoms with E-state index in [2.05, 4.69) is 10.3 Å². The maximum absolute atomic E-state index is 9.87. The van der Waals surface area contributed by atoms with Crippen molar-refractivity contribution in [3.05, 3.63) is 0 Å². The number of aliphatic imine (C=N–C) groups is 1. The van der Waals surface area contributed by atoms with Crippen LogP contribution in [0.25, 0.3) is 0 Å². The molecule has 1 heterocycles. The van der Waals surface area contributed by atoms with Crippen molar-refractivity contribution in [1.82, 2.24) is 5.32 Å². The number of aliphatic hydroxyl groups is 1. The predicted molar refractivity (Wildman–Crippen MR) is 66.7 cm³/mol. The minimum absolute atomic E-state index is 0.0902. The zero-order valence-corrected chi connectivity index (χ0v) is 10.1. The Hall–Kier alpha value is -0.570. The van der Waals surface area contributed by atoms with Gasteiger partial charge in [0.15, 0.2) is 0 Å². The highest BCUT2D eigenvalue weighted by atomic mass is 16.3. The molecule has 0 aromatic rings. The second-order valence-electron chi connectivity index (χ2n) is 5.13. The molecule has 2 atom stereocenters. The maximum Gasteiger partial charge on any atom is 0.0963 e. The molecule has 92 valence electrons. The largest absolute Gasteiger partial charge is 0.393 e. The topological polar surface area (TPSA) is 44.6 Å². The van der Waals surface area contributed by atoms with Crippen LogP contribution >= 0.6 is 0 Å². The Balaban J connectivity index is 1.74. The van der Waals surface area contributed by atoms with E-state index in [0.717, 1.165) is 25.9 Å². The fraction of sp³-hybridized carbons (Fsp3) is 0.923. The normalized spacial score (nSPS) is 31.7. The van der Waals surface area contributed by atoms with E-state index in [1.54, 1.807) is 0 Å². The molecule has 2 rings (SSSR count). The van der Waals surface area contributed by atoms with Crippen LogP contribution in [0, 0.1) is 5.92 Å². The van der Waals surface area contributed by atoms with Gasteiger partial charge in [-0.1, -0.05) is 19.3 Å². The molecule has 0 bridgehead atoms. The highest BCUT2D eigenvalue weighted by Gasteiger charge is 2.22. The fourth-order valence-corrected chi connectivity index (χ4v) is 2.69. The van der Waals surface area contributed by atoms with Gasteiger partial charge in [0.25, 0.3) is 0 Å². The van der Waals surface area contributed by atoms with Gasteiger partial charge in [0.2, 0.25) is 0 Å². The number of aliphatic hydroxyl groups excluding tert-OH is 1. The summed E-state index contributed by atoms with van der Waals surface area (Å²) >= 11 is 0. The quantitative estimate of drug-likeness (QED) is 0.754. The third-order valence-electron chi connectivity index (χ3n) is 3.81. The smallest absolute Gasteiger partial charge is 0.0963 e. The zero-order chi connectivity index (χ0) is 11.2. The molecular formula is C13H24N2O. The summed E-state index contributed by atoms with van der Waals surface area (Å²) < 4.78 is 0. The summed E-state index contributed by atoms with van der Waals surface area (Å²) in [6.45, 7) is 1.90. The Morgan fingerprint density at radius 1 is 1.12 bits per heavy atom. The second-order valence-corrected chi connectivity index (χ2v) is 5.13. The van der Waals surface area contributed by atoms with E-state index in [9.17, 15) is 5.11 Å². The molecule has 2 aliphatic rings. The summed E-state index contributed by atoms with van der Waals surface area (Å²) in [6, 6.07) is 0. The molecule has 0 aromatic heterocycles. The molecule has 0 aromatic carbocycles. The SMILES string of the molecule is OC1CCCCC1CNC1=NCCCCC1. The lowest BCUT2D eigenvalue weighted by atomic mass is 9.86. The van der Waals surface area contributed by atoms with E-state index in [1.165, 1.54) is 44.4 Å². The van der Waals surface area contributed by atoms with Crippen molar-refractivity contribution in [2.24, 2.45) is 10.9 Å². The first-order chi connectivity index (χ1) is 7.86. The third kappa shape index (κ3) is 3.48. The molecule has 2 N–H and O–H groups in total. The van der Waals surface area contributed by atoms with Gasteiger partial charge in [0.1, 0.15) is 0 Å². The van der Waals surface area contributed by atoms with Gasteiger partial charge in [0, 0.05) is 25.4 Å². The van der Waals surface area contributed by atoms with Crippen molar-refractivity contribution >= 4 is 5.84 Å². The number of nitrogens with zero attached hydrogens (tertiary/aromatic N) is 1. The van der Waals surface area contributed by atoms with Crippen LogP contribution in [0.3, 0.4) is 0 Å². The predicted octanol–water partition coefficient (Wildman–Crippen LogP) is 2.10. The molecule has 3 nitrogen and oxygen atoms in total. The van der Waals surface area contributed by atoms with Crippen LogP contribution in [0.1, 0.15) is 51.4 Å². The van der Waals surface area contributed by atoms with Gasteiger partial charge in [-0.05, 0) is 25.7 Å². The van der Waals surface area contributed by atoms with Crippen molar-refractivity contribution in [2.45, 2.75) is 57.5 Å². The van der Waals surface area contributed by atoms with Crippen molar-refractivity contribution in [1.29, 1.82) is 0 Å². The molecule has 1 aliphatic carbocycles. The average Bonchev–Trinajstić information content (AvgIpc) is 2.56. The van der Waals surface area contributed by atoms with Crippen LogP contribution < -0.4 is 5.32 Å². The van der Waals surface area contributed by atoms with Crippen LogP contribution in [-0.4, -0.2) is 30.1 Å². The van der Waals surface area contributed by atoms with Crippen LogP contribution in [0.5, 0.6) is 0 Å². The summed E-state index contributed by atoms with van der Waals surface area (Å²) in [5, 5.41) is 13.3. The lowest BCUT2D eigenvalue weighted by Crippen LogP contribution is -2.36. The highest BCUT2D eigenvalue weighted by molar-refractivity contribution is 5.82. The van der Waals surface area contributed by atoms with E-state index >= 15 is 0 Å². The van der Waals surface area contributed by atoms with Crippen LogP contribution in [0.15, 0.2) is 4.99 Å². The Bertz CT molecular complexity index is 240. The Morgan fingerprint density at radius 3 is 2.88 bits per heavy atom. The highest BCUT2D eigenvalue weighted by Crippen LogP contribution is 2.23. The van der Waals surface area contributed by atoms with Gasteiger partial charge in [-0.25, -0.2) is 0 Å². The third-order valence-corrected chi connectivity index (χ3v) is 3.81. The molecule has 1 fully saturated rings. The van der Waals surface area contributed by atoms with Gasteiger partial charge in [-0.2, -0.15) is 0 Å². The van der Waals surface area contributed by atoms with Crippen molar-refractivity contribution in [3.63, 3.8) is 0 Å². The van der Waals surface area contributed by atoms with Crippen LogP contribution in [0.4, 0.5) is 0 Å². The number of rotatable bonds is 2. The Labute approximate surface area is 98.3 Å². The first kappa shape index (κ1) is 11.9. The molecule has 1 saturated carbocycles. The van der Waals surface area contributed by atoms with Gasteiger partial charge < -0.3 is 10.4 Å². The molecule has 1 aliphatic heterocycles. The summed E-state index contributed by atoms with van der Waals surface area (Å²) in [4.78, 5) is 4.56. The van der Waals surface area contributed by atoms with Crippen molar-refractivity contribution < 1.29 is 5.11 Å². The van der Waals surface area contributed by atoms with Gasteiger partial charge >= 0.3 is 0 Å². The van der Waals surface area contributed by atoms with E-state index in [1.807, 2.05) is 0 Å². The second kappa shape index (κ2) is 6.24. The van der Waals surface area contributed by atoms with Gasteiger partial charge in [0.05, 0.1) is 11.9 Å². The van der Waals surface area contributed by atoms with E-state index in [0.29, 0.717) is 5.92 Å². The summed E-state index contributed by atoms with van der Waals surface area (Å²) in [7, 11) is 0. The maximum atomic E-state index is 9.87. The molecule has 2 unspecified atom stereocenters.